The number of nitrogens with zero attached hydrogens (tertiary/aromatic N) is 2. The van der Waals surface area contributed by atoms with Crippen molar-refractivity contribution in [1.29, 1.82) is 0 Å². The van der Waals surface area contributed by atoms with E-state index in [0.29, 0.717) is 11.1 Å². The molecule has 0 atom stereocenters. The minimum absolute atomic E-state index is 0.0214. The van der Waals surface area contributed by atoms with Gasteiger partial charge in [0.2, 0.25) is 0 Å². The van der Waals surface area contributed by atoms with Gasteiger partial charge in [-0.25, -0.2) is 5.43 Å². The molecule has 0 aliphatic rings. The third-order valence-electron chi connectivity index (χ3n) is 2.43. The first-order chi connectivity index (χ1) is 10.2. The number of para-hydroxylation sites is 1. The van der Waals surface area contributed by atoms with Crippen molar-refractivity contribution in [2.45, 2.75) is 6.61 Å². The SMILES string of the molecule is O=C(N/N=C\c1ccccc1OC(F)F)c1cccnc1. The van der Waals surface area contributed by atoms with Crippen LogP contribution < -0.4 is 10.2 Å². The molecule has 1 amide bonds. The Hall–Kier alpha value is -2.83. The Labute approximate surface area is 119 Å². The first kappa shape index (κ1) is 14.6. The van der Waals surface area contributed by atoms with Crippen LogP contribution in [0.15, 0.2) is 53.9 Å². The normalized spacial score (nSPS) is 10.8. The van der Waals surface area contributed by atoms with Crippen LogP contribution in [0.2, 0.25) is 0 Å². The van der Waals surface area contributed by atoms with Gasteiger partial charge in [0, 0.05) is 18.0 Å². The number of aromatic nitrogens is 1. The smallest absolute Gasteiger partial charge is 0.387 e. The summed E-state index contributed by atoms with van der Waals surface area (Å²) in [6.45, 7) is -2.93. The van der Waals surface area contributed by atoms with Crippen molar-refractivity contribution in [2.24, 2.45) is 5.10 Å². The summed E-state index contributed by atoms with van der Waals surface area (Å²) in [5, 5.41) is 3.71. The number of nitrogens with one attached hydrogen (secondary N) is 1. The van der Waals surface area contributed by atoms with E-state index in [9.17, 15) is 13.6 Å². The van der Waals surface area contributed by atoms with Crippen LogP contribution in [0.25, 0.3) is 0 Å². The third-order valence-corrected chi connectivity index (χ3v) is 2.43. The van der Waals surface area contributed by atoms with E-state index in [0.717, 1.165) is 0 Å². The Morgan fingerprint density at radius 2 is 2.10 bits per heavy atom. The van der Waals surface area contributed by atoms with Gasteiger partial charge in [0.05, 0.1) is 11.8 Å². The number of carbonyl (C=O) groups excluding carboxylic acids is 1. The Kier molecular flexibility index (Phi) is 4.92. The topological polar surface area (TPSA) is 63.6 Å². The van der Waals surface area contributed by atoms with Crippen LogP contribution >= 0.6 is 0 Å². The molecule has 1 heterocycles. The first-order valence-electron chi connectivity index (χ1n) is 5.94. The third kappa shape index (κ3) is 4.34. The van der Waals surface area contributed by atoms with E-state index in [2.05, 4.69) is 20.2 Å². The standard InChI is InChI=1S/C14H11F2N3O2/c15-14(16)21-12-6-2-1-4-10(12)9-18-19-13(20)11-5-3-7-17-8-11/h1-9,14H,(H,19,20)/b18-9-. The molecule has 0 aliphatic carbocycles. The molecule has 2 aromatic rings. The molecule has 0 saturated heterocycles. The average molecular weight is 291 g/mol. The molecule has 108 valence electrons. The fourth-order valence-corrected chi connectivity index (χ4v) is 1.51. The number of alkyl halides is 2. The highest BCUT2D eigenvalue weighted by Crippen LogP contribution is 2.18. The van der Waals surface area contributed by atoms with Gasteiger partial charge in [0.1, 0.15) is 5.75 Å². The maximum Gasteiger partial charge on any atom is 0.387 e. The number of hydrazone groups is 1. The number of pyridine rings is 1. The van der Waals surface area contributed by atoms with E-state index in [4.69, 9.17) is 0 Å². The zero-order chi connectivity index (χ0) is 15.1. The molecule has 2 rings (SSSR count). The Morgan fingerprint density at radius 3 is 2.81 bits per heavy atom. The lowest BCUT2D eigenvalue weighted by Crippen LogP contribution is -2.17. The van der Waals surface area contributed by atoms with E-state index in [1.807, 2.05) is 0 Å². The van der Waals surface area contributed by atoms with Crippen molar-refractivity contribution in [3.05, 3.63) is 59.9 Å². The van der Waals surface area contributed by atoms with Crippen LogP contribution in [-0.4, -0.2) is 23.7 Å². The highest BCUT2D eigenvalue weighted by Gasteiger charge is 2.08. The number of rotatable bonds is 5. The molecule has 0 radical (unpaired) electrons. The Bertz CT molecular complexity index is 633. The zero-order valence-electron chi connectivity index (χ0n) is 10.7. The van der Waals surface area contributed by atoms with Crippen LogP contribution in [0.4, 0.5) is 8.78 Å². The van der Waals surface area contributed by atoms with E-state index in [-0.39, 0.29) is 5.75 Å². The predicted molar refractivity (Wildman–Crippen MR) is 72.4 cm³/mol. The second kappa shape index (κ2) is 7.09. The number of ether oxygens (including phenoxy) is 1. The monoisotopic (exact) mass is 291 g/mol. The highest BCUT2D eigenvalue weighted by molar-refractivity contribution is 5.94. The summed E-state index contributed by atoms with van der Waals surface area (Å²) in [6, 6.07) is 9.32. The van der Waals surface area contributed by atoms with E-state index < -0.39 is 12.5 Å². The minimum Gasteiger partial charge on any atom is -0.434 e. The van der Waals surface area contributed by atoms with Crippen LogP contribution in [0.5, 0.6) is 5.75 Å². The molecule has 0 fully saturated rings. The number of halogens is 2. The van der Waals surface area contributed by atoms with Gasteiger partial charge in [-0.1, -0.05) is 12.1 Å². The fraction of sp³-hybridized carbons (Fsp3) is 0.0714. The van der Waals surface area contributed by atoms with E-state index >= 15 is 0 Å². The second-order valence-electron chi connectivity index (χ2n) is 3.86. The summed E-state index contributed by atoms with van der Waals surface area (Å²) in [5.74, 6) is -0.474. The molecule has 5 nitrogen and oxygen atoms in total. The highest BCUT2D eigenvalue weighted by atomic mass is 19.3. The van der Waals surface area contributed by atoms with Crippen molar-refractivity contribution in [2.75, 3.05) is 0 Å². The fourth-order valence-electron chi connectivity index (χ4n) is 1.51. The summed E-state index contributed by atoms with van der Waals surface area (Å²) in [5.41, 5.74) is 2.94. The van der Waals surface area contributed by atoms with Crippen LogP contribution in [0.3, 0.4) is 0 Å². The molecule has 7 heteroatoms. The van der Waals surface area contributed by atoms with Gasteiger partial charge in [0.15, 0.2) is 0 Å². The average Bonchev–Trinajstić information content (AvgIpc) is 2.49. The predicted octanol–water partition coefficient (Wildman–Crippen LogP) is 2.45. The van der Waals surface area contributed by atoms with Gasteiger partial charge in [-0.2, -0.15) is 13.9 Å². The summed E-state index contributed by atoms with van der Waals surface area (Å²) in [7, 11) is 0. The van der Waals surface area contributed by atoms with E-state index in [1.165, 1.54) is 30.7 Å². The van der Waals surface area contributed by atoms with Gasteiger partial charge in [-0.15, -0.1) is 0 Å². The lowest BCUT2D eigenvalue weighted by atomic mass is 10.2. The maximum atomic E-state index is 12.2. The van der Waals surface area contributed by atoms with Crippen LogP contribution in [0.1, 0.15) is 15.9 Å². The van der Waals surface area contributed by atoms with Crippen molar-refractivity contribution in [3.63, 3.8) is 0 Å². The molecule has 1 N–H and O–H groups in total. The number of hydrogen-bond acceptors (Lipinski definition) is 4. The van der Waals surface area contributed by atoms with E-state index in [1.54, 1.807) is 24.3 Å². The number of amides is 1. The number of benzene rings is 1. The van der Waals surface area contributed by atoms with Crippen molar-refractivity contribution in [3.8, 4) is 5.75 Å². The molecule has 1 aromatic heterocycles. The molecule has 1 aromatic carbocycles. The summed E-state index contributed by atoms with van der Waals surface area (Å²) in [4.78, 5) is 15.5. The first-order valence-corrected chi connectivity index (χ1v) is 5.94. The largest absolute Gasteiger partial charge is 0.434 e. The molecule has 0 spiro atoms. The molecule has 21 heavy (non-hydrogen) atoms. The molecule has 0 saturated carbocycles. The van der Waals surface area contributed by atoms with Crippen molar-refractivity contribution >= 4 is 12.1 Å². The van der Waals surface area contributed by atoms with Crippen molar-refractivity contribution < 1.29 is 18.3 Å². The molecule has 0 bridgehead atoms. The lowest BCUT2D eigenvalue weighted by molar-refractivity contribution is -0.0499. The minimum atomic E-state index is -2.93. The Balaban J connectivity index is 2.03. The number of hydrogen-bond donors (Lipinski definition) is 1. The number of carbonyl (C=O) groups is 1. The van der Waals surface area contributed by atoms with Gasteiger partial charge in [-0.3, -0.25) is 9.78 Å². The molecular weight excluding hydrogens is 280 g/mol. The summed E-state index contributed by atoms with van der Waals surface area (Å²) >= 11 is 0. The van der Waals surface area contributed by atoms with Gasteiger partial charge < -0.3 is 4.74 Å². The lowest BCUT2D eigenvalue weighted by Gasteiger charge is -2.06. The Morgan fingerprint density at radius 1 is 1.29 bits per heavy atom. The van der Waals surface area contributed by atoms with Gasteiger partial charge in [0.25, 0.3) is 5.91 Å². The second-order valence-corrected chi connectivity index (χ2v) is 3.86. The van der Waals surface area contributed by atoms with Crippen LogP contribution in [0, 0.1) is 0 Å². The summed E-state index contributed by atoms with van der Waals surface area (Å²) < 4.78 is 28.8. The van der Waals surface area contributed by atoms with Gasteiger partial charge in [-0.05, 0) is 24.3 Å². The molecular formula is C14H11F2N3O2. The molecule has 0 unspecified atom stereocenters. The summed E-state index contributed by atoms with van der Waals surface area (Å²) in [6.07, 6.45) is 4.16. The quantitative estimate of drug-likeness (QED) is 0.680. The van der Waals surface area contributed by atoms with Gasteiger partial charge >= 0.3 is 6.61 Å². The van der Waals surface area contributed by atoms with Crippen LogP contribution in [-0.2, 0) is 0 Å². The maximum absolute atomic E-state index is 12.2. The zero-order valence-corrected chi connectivity index (χ0v) is 10.7. The van der Waals surface area contributed by atoms with Crippen molar-refractivity contribution in [1.82, 2.24) is 10.4 Å². The molecule has 0 aliphatic heterocycles.